The van der Waals surface area contributed by atoms with Gasteiger partial charge < -0.3 is 19.5 Å². The van der Waals surface area contributed by atoms with E-state index < -0.39 is 6.09 Å². The summed E-state index contributed by atoms with van der Waals surface area (Å²) in [5, 5.41) is 12.0. The highest BCUT2D eigenvalue weighted by molar-refractivity contribution is 5.68. The van der Waals surface area contributed by atoms with E-state index in [1.807, 2.05) is 48.5 Å². The first kappa shape index (κ1) is 20.9. The fourth-order valence-corrected chi connectivity index (χ4v) is 4.12. The number of hydrogen-bond donors (Lipinski definition) is 1. The lowest BCUT2D eigenvalue weighted by Gasteiger charge is -2.61. The largest absolute Gasteiger partial charge is 0.495 e. The van der Waals surface area contributed by atoms with Crippen LogP contribution < -0.4 is 14.8 Å². The van der Waals surface area contributed by atoms with Gasteiger partial charge in [-0.25, -0.2) is 4.79 Å². The summed E-state index contributed by atoms with van der Waals surface area (Å²) in [4.78, 5) is 12.2. The molecule has 1 N–H and O–H groups in total. The molecule has 0 radical (unpaired) electrons. The monoisotopic (exact) mass is 374 g/mol. The van der Waals surface area contributed by atoms with Gasteiger partial charge in [0.1, 0.15) is 29.8 Å². The van der Waals surface area contributed by atoms with Crippen molar-refractivity contribution in [3.8, 4) is 17.6 Å². The van der Waals surface area contributed by atoms with Gasteiger partial charge in [-0.3, -0.25) is 0 Å². The van der Waals surface area contributed by atoms with Crippen LogP contribution in [0.15, 0.2) is 18.2 Å². The molecular formula is C21H30N2O4. The van der Waals surface area contributed by atoms with Gasteiger partial charge in [0.25, 0.3) is 0 Å². The number of nitrogens with zero attached hydrogens (tertiary/aromatic N) is 1. The van der Waals surface area contributed by atoms with Gasteiger partial charge in [0.15, 0.2) is 0 Å². The van der Waals surface area contributed by atoms with E-state index in [1.165, 1.54) is 7.11 Å². The molecule has 27 heavy (non-hydrogen) atoms. The summed E-state index contributed by atoms with van der Waals surface area (Å²) in [5.74, 6) is 1.09. The zero-order valence-corrected chi connectivity index (χ0v) is 17.5. The molecule has 1 aliphatic rings. The minimum absolute atomic E-state index is 0.171. The number of rotatable bonds is 4. The first-order chi connectivity index (χ1) is 12.3. The Bertz CT molecular complexity index is 740. The standard InChI is InChI=1S/C21H30N2O4/c1-19(2,3)23-18(24)27-17-20(4,5)16(21(17,6)7)26-14-10-9-13(12-22)15(11-14)25-8/h9-11,16-17H,1-8H3,(H,23,24). The van der Waals surface area contributed by atoms with E-state index >= 15 is 0 Å². The second kappa shape index (κ2) is 6.95. The van der Waals surface area contributed by atoms with E-state index in [0.717, 1.165) is 0 Å². The quantitative estimate of drug-likeness (QED) is 0.851. The lowest BCUT2D eigenvalue weighted by atomic mass is 9.51. The van der Waals surface area contributed by atoms with Gasteiger partial charge in [-0.1, -0.05) is 27.7 Å². The Balaban J connectivity index is 2.16. The molecule has 0 aliphatic heterocycles. The third-order valence-corrected chi connectivity index (χ3v) is 4.95. The van der Waals surface area contributed by atoms with Crippen molar-refractivity contribution >= 4 is 6.09 Å². The second-order valence-corrected chi connectivity index (χ2v) is 9.27. The van der Waals surface area contributed by atoms with Crippen molar-refractivity contribution in [2.45, 2.75) is 66.2 Å². The van der Waals surface area contributed by atoms with Gasteiger partial charge in [0, 0.05) is 22.4 Å². The average Bonchev–Trinajstić information content (AvgIpc) is 2.55. The minimum atomic E-state index is -0.424. The van der Waals surface area contributed by atoms with E-state index in [2.05, 4.69) is 11.4 Å². The van der Waals surface area contributed by atoms with Crippen LogP contribution in [-0.2, 0) is 4.74 Å². The highest BCUT2D eigenvalue weighted by Crippen LogP contribution is 2.57. The summed E-state index contributed by atoms with van der Waals surface area (Å²) in [6.07, 6.45) is -0.889. The van der Waals surface area contributed by atoms with E-state index in [1.54, 1.807) is 18.2 Å². The number of alkyl carbamates (subject to hydrolysis) is 1. The lowest BCUT2D eigenvalue weighted by Crippen LogP contribution is -2.71. The molecule has 0 unspecified atom stereocenters. The molecular weight excluding hydrogens is 344 g/mol. The summed E-state index contributed by atoms with van der Waals surface area (Å²) in [6, 6.07) is 7.24. The third kappa shape index (κ3) is 4.13. The number of nitrogens with one attached hydrogen (secondary N) is 1. The Morgan fingerprint density at radius 2 is 1.74 bits per heavy atom. The molecule has 1 saturated carbocycles. The van der Waals surface area contributed by atoms with Crippen LogP contribution >= 0.6 is 0 Å². The number of nitriles is 1. The number of methoxy groups -OCH3 is 1. The number of ether oxygens (including phenoxy) is 3. The maximum Gasteiger partial charge on any atom is 0.407 e. The lowest BCUT2D eigenvalue weighted by molar-refractivity contribution is -0.235. The number of carbonyl (C=O) groups excluding carboxylic acids is 1. The molecule has 1 aromatic carbocycles. The molecule has 6 nitrogen and oxygen atoms in total. The molecule has 1 aromatic rings. The van der Waals surface area contributed by atoms with Crippen molar-refractivity contribution in [3.63, 3.8) is 0 Å². The molecule has 0 bridgehead atoms. The molecule has 1 aliphatic carbocycles. The molecule has 1 fully saturated rings. The topological polar surface area (TPSA) is 80.6 Å². The first-order valence-corrected chi connectivity index (χ1v) is 9.06. The van der Waals surface area contributed by atoms with Crippen LogP contribution in [0.4, 0.5) is 4.79 Å². The van der Waals surface area contributed by atoms with Gasteiger partial charge in [-0.05, 0) is 32.9 Å². The van der Waals surface area contributed by atoms with Crippen molar-refractivity contribution in [3.05, 3.63) is 23.8 Å². The highest BCUT2D eigenvalue weighted by atomic mass is 16.6. The number of benzene rings is 1. The zero-order valence-electron chi connectivity index (χ0n) is 17.5. The zero-order chi connectivity index (χ0) is 20.6. The van der Waals surface area contributed by atoms with Crippen LogP contribution in [0.25, 0.3) is 0 Å². The summed E-state index contributed by atoms with van der Waals surface area (Å²) in [7, 11) is 1.52. The summed E-state index contributed by atoms with van der Waals surface area (Å²) in [5.41, 5.74) is -0.652. The summed E-state index contributed by atoms with van der Waals surface area (Å²) in [6.45, 7) is 13.8. The van der Waals surface area contributed by atoms with Crippen LogP contribution in [0.5, 0.6) is 11.5 Å². The molecule has 148 valence electrons. The van der Waals surface area contributed by atoms with Crippen molar-refractivity contribution < 1.29 is 19.0 Å². The first-order valence-electron chi connectivity index (χ1n) is 9.06. The Hall–Kier alpha value is -2.42. The van der Waals surface area contributed by atoms with Gasteiger partial charge in [-0.15, -0.1) is 0 Å². The Labute approximate surface area is 161 Å². The van der Waals surface area contributed by atoms with Crippen molar-refractivity contribution in [2.75, 3.05) is 7.11 Å². The van der Waals surface area contributed by atoms with E-state index in [4.69, 9.17) is 19.5 Å². The van der Waals surface area contributed by atoms with Gasteiger partial charge in [-0.2, -0.15) is 5.26 Å². The minimum Gasteiger partial charge on any atom is -0.495 e. The molecule has 2 rings (SSSR count). The fourth-order valence-electron chi connectivity index (χ4n) is 4.12. The van der Waals surface area contributed by atoms with Crippen LogP contribution in [0.3, 0.4) is 0 Å². The molecule has 0 saturated heterocycles. The fraction of sp³-hybridized carbons (Fsp3) is 0.619. The van der Waals surface area contributed by atoms with Gasteiger partial charge >= 0.3 is 6.09 Å². The van der Waals surface area contributed by atoms with Crippen LogP contribution in [0.2, 0.25) is 0 Å². The molecule has 1 amide bonds. The normalized spacial score (nSPS) is 22.8. The second-order valence-electron chi connectivity index (χ2n) is 9.27. The summed E-state index contributed by atoms with van der Waals surface area (Å²) < 4.78 is 17.2. The number of amides is 1. The maximum absolute atomic E-state index is 12.2. The molecule has 0 atom stereocenters. The summed E-state index contributed by atoms with van der Waals surface area (Å²) >= 11 is 0. The SMILES string of the molecule is COc1cc(OC2C(C)(C)C(OC(=O)NC(C)(C)C)C2(C)C)ccc1C#N. The van der Waals surface area contributed by atoms with Gasteiger partial charge in [0.2, 0.25) is 0 Å². The van der Waals surface area contributed by atoms with Crippen molar-refractivity contribution in [2.24, 2.45) is 10.8 Å². The van der Waals surface area contributed by atoms with Gasteiger partial charge in [0.05, 0.1) is 12.7 Å². The van der Waals surface area contributed by atoms with Crippen LogP contribution in [-0.4, -0.2) is 30.9 Å². The molecule has 0 spiro atoms. The Morgan fingerprint density at radius 3 is 2.22 bits per heavy atom. The highest BCUT2D eigenvalue weighted by Gasteiger charge is 2.66. The van der Waals surface area contributed by atoms with E-state index in [0.29, 0.717) is 17.1 Å². The maximum atomic E-state index is 12.2. The van der Waals surface area contributed by atoms with Crippen molar-refractivity contribution in [1.82, 2.24) is 5.32 Å². The van der Waals surface area contributed by atoms with E-state index in [-0.39, 0.29) is 28.6 Å². The van der Waals surface area contributed by atoms with Crippen LogP contribution in [0, 0.1) is 22.2 Å². The predicted molar refractivity (Wildman–Crippen MR) is 103 cm³/mol. The van der Waals surface area contributed by atoms with Crippen LogP contribution in [0.1, 0.15) is 54.0 Å². The third-order valence-electron chi connectivity index (χ3n) is 4.95. The molecule has 6 heteroatoms. The molecule has 0 aromatic heterocycles. The molecule has 0 heterocycles. The predicted octanol–water partition coefficient (Wildman–Crippen LogP) is 4.27. The number of hydrogen-bond acceptors (Lipinski definition) is 5. The average molecular weight is 374 g/mol. The number of carbonyl (C=O) groups is 1. The van der Waals surface area contributed by atoms with Crippen molar-refractivity contribution in [1.29, 1.82) is 5.26 Å². The smallest absolute Gasteiger partial charge is 0.407 e. The van der Waals surface area contributed by atoms with E-state index in [9.17, 15) is 4.79 Å². The Kier molecular flexibility index (Phi) is 5.38. The Morgan fingerprint density at radius 1 is 1.15 bits per heavy atom.